The lowest BCUT2D eigenvalue weighted by molar-refractivity contribution is 0.158. The molecule has 0 saturated heterocycles. The maximum absolute atomic E-state index is 12.3. The van der Waals surface area contributed by atoms with E-state index in [0.717, 1.165) is 16.0 Å². The lowest BCUT2D eigenvalue weighted by Crippen LogP contribution is -2.32. The molecule has 2 aromatic rings. The van der Waals surface area contributed by atoms with E-state index in [1.165, 1.54) is 22.7 Å². The Morgan fingerprint density at radius 2 is 1.90 bits per heavy atom. The van der Waals surface area contributed by atoms with Gasteiger partial charge in [0.2, 0.25) is 10.0 Å². The maximum atomic E-state index is 12.3. The fraction of sp³-hybridized carbons (Fsp3) is 0.333. The van der Waals surface area contributed by atoms with Gasteiger partial charge in [0, 0.05) is 18.5 Å². The largest absolute Gasteiger partial charge is 0.386 e. The van der Waals surface area contributed by atoms with Gasteiger partial charge < -0.3 is 5.11 Å². The zero-order valence-electron chi connectivity index (χ0n) is 12.1. The first-order valence-corrected chi connectivity index (χ1v) is 9.08. The zero-order valence-corrected chi connectivity index (χ0v) is 13.7. The van der Waals surface area contributed by atoms with Gasteiger partial charge in [-0.2, -0.15) is 0 Å². The molecule has 0 radical (unpaired) electrons. The van der Waals surface area contributed by atoms with Crippen LogP contribution in [-0.2, 0) is 15.8 Å². The monoisotopic (exact) mass is 325 g/mol. The molecular weight excluding hydrogens is 306 g/mol. The Morgan fingerprint density at radius 1 is 1.24 bits per heavy atom. The second-order valence-corrected chi connectivity index (χ2v) is 8.11. The van der Waals surface area contributed by atoms with Crippen molar-refractivity contribution in [1.29, 1.82) is 0 Å². The Bertz CT molecular complexity index is 663. The van der Waals surface area contributed by atoms with E-state index in [1.807, 2.05) is 42.6 Å². The maximum Gasteiger partial charge on any atom is 0.218 e. The summed E-state index contributed by atoms with van der Waals surface area (Å²) in [6.45, 7) is 2.02. The molecule has 1 unspecified atom stereocenters. The first kappa shape index (κ1) is 16.2. The molecule has 0 fully saturated rings. The Hall–Kier alpha value is -1.21. The fourth-order valence-electron chi connectivity index (χ4n) is 1.93. The lowest BCUT2D eigenvalue weighted by atomic mass is 10.2. The third-order valence-electron chi connectivity index (χ3n) is 3.25. The van der Waals surface area contributed by atoms with E-state index in [-0.39, 0.29) is 12.3 Å². The summed E-state index contributed by atoms with van der Waals surface area (Å²) in [4.78, 5) is 0.771. The van der Waals surface area contributed by atoms with Crippen LogP contribution in [-0.4, -0.2) is 31.4 Å². The van der Waals surface area contributed by atoms with Gasteiger partial charge in [0.15, 0.2) is 0 Å². The highest BCUT2D eigenvalue weighted by Gasteiger charge is 2.22. The van der Waals surface area contributed by atoms with E-state index < -0.39 is 16.1 Å². The van der Waals surface area contributed by atoms with Gasteiger partial charge in [0.05, 0.1) is 5.75 Å². The average Bonchev–Trinajstić information content (AvgIpc) is 2.95. The summed E-state index contributed by atoms with van der Waals surface area (Å²) >= 11 is 1.42. The fourth-order valence-corrected chi connectivity index (χ4v) is 3.84. The standard InChI is InChI=1S/C15H19NO3S2/c1-12-5-7-13(8-6-12)11-21(18,19)16(2)10-14(17)15-4-3-9-20-15/h3-9,14,17H,10-11H2,1-2H3. The normalized spacial score (nSPS) is 13.5. The van der Waals surface area contributed by atoms with Crippen molar-refractivity contribution in [1.82, 2.24) is 4.31 Å². The molecule has 0 bridgehead atoms. The highest BCUT2D eigenvalue weighted by molar-refractivity contribution is 7.88. The number of likely N-dealkylation sites (N-methyl/N-ethyl adjacent to an activating group) is 1. The van der Waals surface area contributed by atoms with Crippen LogP contribution in [0.25, 0.3) is 0 Å². The molecule has 0 aliphatic rings. The van der Waals surface area contributed by atoms with Crippen LogP contribution in [0.4, 0.5) is 0 Å². The summed E-state index contributed by atoms with van der Waals surface area (Å²) in [5.41, 5.74) is 1.84. The van der Waals surface area contributed by atoms with Crippen molar-refractivity contribution in [2.45, 2.75) is 18.8 Å². The molecule has 4 nitrogen and oxygen atoms in total. The third-order valence-corrected chi connectivity index (χ3v) is 6.02. The van der Waals surface area contributed by atoms with Gasteiger partial charge in [0.1, 0.15) is 6.10 Å². The summed E-state index contributed by atoms with van der Waals surface area (Å²) < 4.78 is 25.8. The van der Waals surface area contributed by atoms with E-state index in [1.54, 1.807) is 6.07 Å². The van der Waals surface area contributed by atoms with Crippen molar-refractivity contribution in [2.24, 2.45) is 0 Å². The van der Waals surface area contributed by atoms with E-state index in [4.69, 9.17) is 0 Å². The van der Waals surface area contributed by atoms with E-state index >= 15 is 0 Å². The number of hydrogen-bond donors (Lipinski definition) is 1. The van der Waals surface area contributed by atoms with Gasteiger partial charge in [-0.05, 0) is 23.9 Å². The topological polar surface area (TPSA) is 57.6 Å². The van der Waals surface area contributed by atoms with Gasteiger partial charge in [-0.3, -0.25) is 0 Å². The number of aliphatic hydroxyl groups excluding tert-OH is 1. The molecule has 1 aromatic carbocycles. The summed E-state index contributed by atoms with van der Waals surface area (Å²) in [7, 11) is -1.93. The summed E-state index contributed by atoms with van der Waals surface area (Å²) in [6.07, 6.45) is -0.789. The summed E-state index contributed by atoms with van der Waals surface area (Å²) in [5, 5.41) is 11.9. The number of benzene rings is 1. The quantitative estimate of drug-likeness (QED) is 0.888. The first-order valence-electron chi connectivity index (χ1n) is 6.59. The van der Waals surface area contributed by atoms with Crippen molar-refractivity contribution in [2.75, 3.05) is 13.6 Å². The number of thiophene rings is 1. The van der Waals surface area contributed by atoms with Crippen LogP contribution in [0.3, 0.4) is 0 Å². The zero-order chi connectivity index (χ0) is 15.5. The first-order chi connectivity index (χ1) is 9.88. The van der Waals surface area contributed by atoms with Crippen molar-refractivity contribution < 1.29 is 13.5 Å². The van der Waals surface area contributed by atoms with Crippen molar-refractivity contribution in [3.8, 4) is 0 Å². The second kappa shape index (κ2) is 6.70. The minimum atomic E-state index is -3.43. The van der Waals surface area contributed by atoms with Gasteiger partial charge in [-0.1, -0.05) is 35.9 Å². The molecule has 2 rings (SSSR count). The smallest absolute Gasteiger partial charge is 0.218 e. The predicted molar refractivity (Wildman–Crippen MR) is 85.7 cm³/mol. The number of sulfonamides is 1. The van der Waals surface area contributed by atoms with Crippen LogP contribution in [0.2, 0.25) is 0 Å². The average molecular weight is 325 g/mol. The Morgan fingerprint density at radius 3 is 2.48 bits per heavy atom. The van der Waals surface area contributed by atoms with Crippen LogP contribution in [0, 0.1) is 6.92 Å². The number of hydrogen-bond acceptors (Lipinski definition) is 4. The molecule has 6 heteroatoms. The second-order valence-electron chi connectivity index (χ2n) is 5.05. The number of nitrogens with zero attached hydrogens (tertiary/aromatic N) is 1. The Balaban J connectivity index is 2.03. The highest BCUT2D eigenvalue weighted by Crippen LogP contribution is 2.21. The van der Waals surface area contributed by atoms with E-state index in [0.29, 0.717) is 0 Å². The molecule has 0 spiro atoms. The molecule has 0 aliphatic carbocycles. The minimum Gasteiger partial charge on any atom is -0.386 e. The van der Waals surface area contributed by atoms with Crippen molar-refractivity contribution >= 4 is 21.4 Å². The summed E-state index contributed by atoms with van der Waals surface area (Å²) in [5.74, 6) is -0.0546. The van der Waals surface area contributed by atoms with E-state index in [9.17, 15) is 13.5 Å². The molecule has 114 valence electrons. The molecule has 1 N–H and O–H groups in total. The lowest BCUT2D eigenvalue weighted by Gasteiger charge is -2.20. The Labute approximate surface area is 129 Å². The Kier molecular flexibility index (Phi) is 5.16. The van der Waals surface area contributed by atoms with Gasteiger partial charge >= 0.3 is 0 Å². The molecule has 0 saturated carbocycles. The third kappa shape index (κ3) is 4.38. The van der Waals surface area contributed by atoms with Gasteiger partial charge in [-0.25, -0.2) is 12.7 Å². The van der Waals surface area contributed by atoms with Crippen LogP contribution in [0.1, 0.15) is 22.1 Å². The molecule has 0 aliphatic heterocycles. The molecule has 21 heavy (non-hydrogen) atoms. The molecular formula is C15H19NO3S2. The number of rotatable bonds is 6. The SMILES string of the molecule is Cc1ccc(CS(=O)(=O)N(C)CC(O)c2cccs2)cc1. The number of aliphatic hydroxyl groups is 1. The van der Waals surface area contributed by atoms with Crippen LogP contribution >= 0.6 is 11.3 Å². The van der Waals surface area contributed by atoms with Crippen molar-refractivity contribution in [3.63, 3.8) is 0 Å². The summed E-state index contributed by atoms with van der Waals surface area (Å²) in [6, 6.07) is 11.1. The van der Waals surface area contributed by atoms with Crippen molar-refractivity contribution in [3.05, 3.63) is 57.8 Å². The van der Waals surface area contributed by atoms with Crippen LogP contribution in [0.5, 0.6) is 0 Å². The van der Waals surface area contributed by atoms with Crippen LogP contribution in [0.15, 0.2) is 41.8 Å². The number of aryl methyl sites for hydroxylation is 1. The molecule has 1 aromatic heterocycles. The van der Waals surface area contributed by atoms with Gasteiger partial charge in [0.25, 0.3) is 0 Å². The highest BCUT2D eigenvalue weighted by atomic mass is 32.2. The molecule has 0 amide bonds. The van der Waals surface area contributed by atoms with Gasteiger partial charge in [-0.15, -0.1) is 11.3 Å². The molecule has 1 heterocycles. The molecule has 1 atom stereocenters. The minimum absolute atomic E-state index is 0.0546. The predicted octanol–water partition coefficient (Wildman–Crippen LogP) is 2.55. The van der Waals surface area contributed by atoms with Crippen LogP contribution < -0.4 is 0 Å². The van der Waals surface area contributed by atoms with E-state index in [2.05, 4.69) is 0 Å².